The lowest BCUT2D eigenvalue weighted by Gasteiger charge is -2.58. The van der Waals surface area contributed by atoms with E-state index in [-0.39, 0.29) is 6.10 Å². The fraction of sp³-hybridized carbons (Fsp3) is 0.926. The molecule has 4 rings (SSSR count). The maximum atomic E-state index is 10.2. The van der Waals surface area contributed by atoms with Crippen LogP contribution in [0, 0.1) is 46.3 Å². The second-order valence-electron chi connectivity index (χ2n) is 12.2. The molecule has 3 fully saturated rings. The highest BCUT2D eigenvalue weighted by Crippen LogP contribution is 2.67. The Bertz CT molecular complexity index is 591. The van der Waals surface area contributed by atoms with E-state index >= 15 is 0 Å². The largest absolute Gasteiger partial charge is 0.393 e. The van der Waals surface area contributed by atoms with Gasteiger partial charge in [0, 0.05) is 0 Å². The Kier molecular flexibility index (Phi) is 5.80. The van der Waals surface area contributed by atoms with E-state index in [0.29, 0.717) is 10.8 Å². The molecule has 0 aromatic rings. The summed E-state index contributed by atoms with van der Waals surface area (Å²) in [6, 6.07) is 0. The van der Waals surface area contributed by atoms with E-state index in [2.05, 4.69) is 40.7 Å². The fourth-order valence-electron chi connectivity index (χ4n) is 8.67. The number of hydrogen-bond acceptors (Lipinski definition) is 1. The summed E-state index contributed by atoms with van der Waals surface area (Å²) in [6.45, 7) is 12.6. The molecule has 0 aliphatic heterocycles. The van der Waals surface area contributed by atoms with Gasteiger partial charge in [-0.05, 0) is 97.7 Å². The maximum Gasteiger partial charge on any atom is 0.0577 e. The fourth-order valence-corrected chi connectivity index (χ4v) is 8.67. The van der Waals surface area contributed by atoms with Crippen molar-refractivity contribution in [2.75, 3.05) is 0 Å². The average molecular weight is 389 g/mol. The molecule has 0 aromatic carbocycles. The van der Waals surface area contributed by atoms with Crippen LogP contribution in [0.1, 0.15) is 105 Å². The van der Waals surface area contributed by atoms with Gasteiger partial charge in [-0.2, -0.15) is 0 Å². The first-order valence-corrected chi connectivity index (χ1v) is 12.6. The highest BCUT2D eigenvalue weighted by molar-refractivity contribution is 5.25. The van der Waals surface area contributed by atoms with Gasteiger partial charge in [-0.1, -0.05) is 65.5 Å². The molecule has 4 aliphatic carbocycles. The lowest BCUT2D eigenvalue weighted by Crippen LogP contribution is -2.50. The van der Waals surface area contributed by atoms with E-state index < -0.39 is 0 Å². The summed E-state index contributed by atoms with van der Waals surface area (Å²) in [7, 11) is 0. The molecule has 0 radical (unpaired) electrons. The first-order valence-electron chi connectivity index (χ1n) is 12.6. The Labute approximate surface area is 174 Å². The predicted molar refractivity (Wildman–Crippen MR) is 119 cm³/mol. The number of aliphatic hydroxyl groups excluding tert-OH is 1. The Balaban J connectivity index is 1.49. The van der Waals surface area contributed by atoms with Crippen molar-refractivity contribution in [3.63, 3.8) is 0 Å². The summed E-state index contributed by atoms with van der Waals surface area (Å²) in [6.07, 6.45) is 17.2. The van der Waals surface area contributed by atoms with Gasteiger partial charge in [-0.15, -0.1) is 0 Å². The van der Waals surface area contributed by atoms with Crippen molar-refractivity contribution in [1.82, 2.24) is 0 Å². The number of rotatable bonds is 5. The van der Waals surface area contributed by atoms with E-state index in [1.165, 1.54) is 57.8 Å². The standard InChI is InChI=1S/C27H46O/c1-18(2)7-6-8-19(3)23-11-12-24-22-10-9-20-17-21(28)13-15-26(20,4)25(22)14-16-27(23,24)5/h9,18-19,21-25,28H,6-8,10-17H2,1-5H3/t19-,21+,22+,23-,24+,25+,26+,27-/m1/s1/i17+2. The molecular weight excluding hydrogens is 342 g/mol. The minimum absolute atomic E-state index is 0.0766. The van der Waals surface area contributed by atoms with Crippen molar-refractivity contribution in [3.05, 3.63) is 11.6 Å². The molecule has 0 unspecified atom stereocenters. The van der Waals surface area contributed by atoms with Crippen molar-refractivity contribution in [1.29, 1.82) is 0 Å². The van der Waals surface area contributed by atoms with Gasteiger partial charge in [-0.25, -0.2) is 0 Å². The molecule has 3 saturated carbocycles. The van der Waals surface area contributed by atoms with Crippen LogP contribution in [0.5, 0.6) is 0 Å². The highest BCUT2D eigenvalue weighted by Gasteiger charge is 2.59. The van der Waals surface area contributed by atoms with Crippen LogP contribution in [0.25, 0.3) is 0 Å². The summed E-state index contributed by atoms with van der Waals surface area (Å²) in [5.74, 6) is 5.46. The molecule has 0 amide bonds. The van der Waals surface area contributed by atoms with E-state index in [1.807, 2.05) is 0 Å². The van der Waals surface area contributed by atoms with Gasteiger partial charge in [-0.3, -0.25) is 0 Å². The minimum atomic E-state index is -0.0766. The highest BCUT2D eigenvalue weighted by atomic mass is 16.3. The van der Waals surface area contributed by atoms with Gasteiger partial charge in [0.25, 0.3) is 0 Å². The quantitative estimate of drug-likeness (QED) is 0.487. The third-order valence-electron chi connectivity index (χ3n) is 10.3. The second kappa shape index (κ2) is 7.75. The van der Waals surface area contributed by atoms with Crippen LogP contribution >= 0.6 is 0 Å². The van der Waals surface area contributed by atoms with Crippen LogP contribution in [0.4, 0.5) is 0 Å². The lowest BCUT2D eigenvalue weighted by molar-refractivity contribution is -0.0573. The van der Waals surface area contributed by atoms with Gasteiger partial charge in [0.1, 0.15) is 0 Å². The smallest absolute Gasteiger partial charge is 0.0577 e. The Hall–Kier alpha value is -0.300. The maximum absolute atomic E-state index is 10.2. The van der Waals surface area contributed by atoms with Crippen LogP contribution in [0.15, 0.2) is 11.6 Å². The first-order chi connectivity index (χ1) is 13.3. The lowest BCUT2D eigenvalue weighted by atomic mass is 9.48. The zero-order chi connectivity index (χ0) is 20.1. The molecule has 0 spiro atoms. The number of hydrogen-bond donors (Lipinski definition) is 1. The Morgan fingerprint density at radius 2 is 1.82 bits per heavy atom. The van der Waals surface area contributed by atoms with E-state index in [1.54, 1.807) is 5.57 Å². The number of fused-ring (bicyclic) bond motifs is 5. The second-order valence-corrected chi connectivity index (χ2v) is 12.2. The molecular formula is C27H46O. The van der Waals surface area contributed by atoms with Gasteiger partial charge in [0.15, 0.2) is 0 Å². The molecule has 0 heterocycles. The molecule has 1 nitrogen and oxygen atoms in total. The summed E-state index contributed by atoms with van der Waals surface area (Å²) in [5, 5.41) is 10.2. The molecule has 1 N–H and O–H groups in total. The molecule has 0 saturated heterocycles. The van der Waals surface area contributed by atoms with Gasteiger partial charge in [0.05, 0.1) is 6.10 Å². The van der Waals surface area contributed by atoms with Crippen molar-refractivity contribution < 1.29 is 5.11 Å². The van der Waals surface area contributed by atoms with Crippen LogP contribution in [-0.2, 0) is 0 Å². The average Bonchev–Trinajstić information content (AvgIpc) is 2.99. The van der Waals surface area contributed by atoms with Crippen molar-refractivity contribution >= 4 is 0 Å². The SMILES string of the molecule is CC(C)CCC[C@@H](C)[C@H]1CC[C@H]2[C@@H]3CC=C4[14CH2][C@@H](O)CC[C@]4(C)[C@H]3CC[C@]12C. The predicted octanol–water partition coefficient (Wildman–Crippen LogP) is 7.39. The molecule has 28 heavy (non-hydrogen) atoms. The Morgan fingerprint density at radius 1 is 1.04 bits per heavy atom. The van der Waals surface area contributed by atoms with E-state index in [4.69, 9.17) is 0 Å². The zero-order valence-electron chi connectivity index (χ0n) is 19.3. The monoisotopic (exact) mass is 388 g/mol. The van der Waals surface area contributed by atoms with Crippen LogP contribution in [0.3, 0.4) is 0 Å². The summed E-state index contributed by atoms with van der Waals surface area (Å²) in [4.78, 5) is 0. The molecule has 1 heteroatoms. The number of aliphatic hydroxyl groups is 1. The summed E-state index contributed by atoms with van der Waals surface area (Å²) < 4.78 is 0. The van der Waals surface area contributed by atoms with Crippen LogP contribution in [0.2, 0.25) is 0 Å². The zero-order valence-corrected chi connectivity index (χ0v) is 19.3. The van der Waals surface area contributed by atoms with Gasteiger partial charge < -0.3 is 5.11 Å². The summed E-state index contributed by atoms with van der Waals surface area (Å²) >= 11 is 0. The van der Waals surface area contributed by atoms with E-state index in [0.717, 1.165) is 48.3 Å². The molecule has 160 valence electrons. The molecule has 4 aliphatic rings. The minimum Gasteiger partial charge on any atom is -0.393 e. The van der Waals surface area contributed by atoms with Crippen molar-refractivity contribution in [3.8, 4) is 0 Å². The third kappa shape index (κ3) is 3.42. The Morgan fingerprint density at radius 3 is 2.57 bits per heavy atom. The van der Waals surface area contributed by atoms with E-state index in [9.17, 15) is 5.11 Å². The normalized spacial score (nSPS) is 46.5. The first kappa shape index (κ1) is 21.0. The van der Waals surface area contributed by atoms with Crippen molar-refractivity contribution in [2.24, 2.45) is 46.3 Å². The third-order valence-corrected chi connectivity index (χ3v) is 10.3. The molecule has 0 bridgehead atoms. The summed E-state index contributed by atoms with van der Waals surface area (Å²) in [5.41, 5.74) is 2.60. The van der Waals surface area contributed by atoms with Gasteiger partial charge >= 0.3 is 0 Å². The van der Waals surface area contributed by atoms with Crippen LogP contribution < -0.4 is 0 Å². The van der Waals surface area contributed by atoms with Crippen molar-refractivity contribution in [2.45, 2.75) is 111 Å². The van der Waals surface area contributed by atoms with Gasteiger partial charge in [0.2, 0.25) is 0 Å². The topological polar surface area (TPSA) is 20.2 Å². The van der Waals surface area contributed by atoms with Crippen LogP contribution in [-0.4, -0.2) is 11.2 Å². The number of allylic oxidation sites excluding steroid dienone is 1. The molecule has 8 atom stereocenters. The molecule has 0 aromatic heterocycles.